The Bertz CT molecular complexity index is 597. The standard InChI is InChI=1S/C15H15N3O2/c19-14-7-2-1-5-12(14)11-17-18-15(20)9-8-13-6-3-4-10-16-13/h1-7,10-11,19H,8-9H2,(H,18,20)/b17-11+. The number of hydrazone groups is 1. The van der Waals surface area contributed by atoms with Crippen molar-refractivity contribution in [2.45, 2.75) is 12.8 Å². The van der Waals surface area contributed by atoms with E-state index >= 15 is 0 Å². The quantitative estimate of drug-likeness (QED) is 0.642. The van der Waals surface area contributed by atoms with Gasteiger partial charge in [0.05, 0.1) is 6.21 Å². The number of carbonyl (C=O) groups excluding carboxylic acids is 1. The Balaban J connectivity index is 1.79. The molecule has 0 saturated heterocycles. The maximum Gasteiger partial charge on any atom is 0.240 e. The van der Waals surface area contributed by atoms with Crippen LogP contribution < -0.4 is 5.43 Å². The molecule has 0 aliphatic carbocycles. The van der Waals surface area contributed by atoms with Crippen molar-refractivity contribution in [2.24, 2.45) is 5.10 Å². The molecule has 0 spiro atoms. The van der Waals surface area contributed by atoms with Crippen LogP contribution in [0.25, 0.3) is 0 Å². The molecule has 0 saturated carbocycles. The minimum atomic E-state index is -0.192. The van der Waals surface area contributed by atoms with Crippen molar-refractivity contribution in [3.8, 4) is 5.75 Å². The van der Waals surface area contributed by atoms with E-state index in [1.165, 1.54) is 6.21 Å². The Kier molecular flexibility index (Phi) is 4.83. The second-order valence-corrected chi connectivity index (χ2v) is 4.17. The summed E-state index contributed by atoms with van der Waals surface area (Å²) in [5, 5.41) is 13.3. The lowest BCUT2D eigenvalue weighted by Crippen LogP contribution is -2.18. The number of aromatic nitrogens is 1. The Morgan fingerprint density at radius 1 is 1.25 bits per heavy atom. The molecule has 0 fully saturated rings. The third-order valence-electron chi connectivity index (χ3n) is 2.66. The van der Waals surface area contributed by atoms with E-state index in [1.807, 2.05) is 18.2 Å². The highest BCUT2D eigenvalue weighted by atomic mass is 16.3. The van der Waals surface area contributed by atoms with E-state index in [9.17, 15) is 9.90 Å². The number of benzene rings is 1. The maximum absolute atomic E-state index is 11.6. The highest BCUT2D eigenvalue weighted by Gasteiger charge is 2.01. The molecule has 0 aliphatic rings. The van der Waals surface area contributed by atoms with Gasteiger partial charge in [0.15, 0.2) is 0 Å². The molecule has 102 valence electrons. The highest BCUT2D eigenvalue weighted by Crippen LogP contribution is 2.12. The summed E-state index contributed by atoms with van der Waals surface area (Å²) in [5.41, 5.74) is 3.84. The predicted molar refractivity (Wildman–Crippen MR) is 76.4 cm³/mol. The molecule has 1 heterocycles. The van der Waals surface area contributed by atoms with E-state index in [1.54, 1.807) is 30.5 Å². The Hall–Kier alpha value is -2.69. The van der Waals surface area contributed by atoms with E-state index in [0.717, 1.165) is 5.69 Å². The van der Waals surface area contributed by atoms with E-state index < -0.39 is 0 Å². The number of pyridine rings is 1. The number of carbonyl (C=O) groups is 1. The van der Waals surface area contributed by atoms with E-state index in [0.29, 0.717) is 18.4 Å². The van der Waals surface area contributed by atoms with Crippen LogP contribution >= 0.6 is 0 Å². The zero-order chi connectivity index (χ0) is 14.2. The van der Waals surface area contributed by atoms with Crippen molar-refractivity contribution in [3.05, 3.63) is 59.9 Å². The number of nitrogens with one attached hydrogen (secondary N) is 1. The van der Waals surface area contributed by atoms with Crippen LogP contribution in [0, 0.1) is 0 Å². The minimum absolute atomic E-state index is 0.124. The second kappa shape index (κ2) is 7.04. The second-order valence-electron chi connectivity index (χ2n) is 4.17. The van der Waals surface area contributed by atoms with Crippen LogP contribution in [0.15, 0.2) is 53.8 Å². The number of nitrogens with zero attached hydrogens (tertiary/aromatic N) is 2. The summed E-state index contributed by atoms with van der Waals surface area (Å²) >= 11 is 0. The summed E-state index contributed by atoms with van der Waals surface area (Å²) in [6.45, 7) is 0. The minimum Gasteiger partial charge on any atom is -0.507 e. The first-order valence-electron chi connectivity index (χ1n) is 6.25. The number of hydrogen-bond donors (Lipinski definition) is 2. The maximum atomic E-state index is 11.6. The van der Waals surface area contributed by atoms with Crippen molar-refractivity contribution in [2.75, 3.05) is 0 Å². The number of amides is 1. The number of aryl methyl sites for hydroxylation is 1. The van der Waals surface area contributed by atoms with E-state index in [4.69, 9.17) is 0 Å². The number of rotatable bonds is 5. The van der Waals surface area contributed by atoms with Gasteiger partial charge in [-0.15, -0.1) is 0 Å². The van der Waals surface area contributed by atoms with Crippen LogP contribution in [0.2, 0.25) is 0 Å². The number of hydrogen-bond acceptors (Lipinski definition) is 4. The van der Waals surface area contributed by atoms with Gasteiger partial charge in [-0.05, 0) is 30.7 Å². The fourth-order valence-corrected chi connectivity index (χ4v) is 1.61. The number of aromatic hydroxyl groups is 1. The van der Waals surface area contributed by atoms with Gasteiger partial charge in [-0.2, -0.15) is 5.10 Å². The van der Waals surface area contributed by atoms with Crippen molar-refractivity contribution in [3.63, 3.8) is 0 Å². The predicted octanol–water partition coefficient (Wildman–Crippen LogP) is 1.87. The highest BCUT2D eigenvalue weighted by molar-refractivity contribution is 5.85. The lowest BCUT2D eigenvalue weighted by atomic mass is 10.2. The summed E-state index contributed by atoms with van der Waals surface area (Å²) in [4.78, 5) is 15.7. The first kappa shape index (κ1) is 13.7. The van der Waals surface area contributed by atoms with Crippen molar-refractivity contribution >= 4 is 12.1 Å². The molecule has 0 bridgehead atoms. The molecule has 2 rings (SSSR count). The van der Waals surface area contributed by atoms with Crippen LogP contribution in [0.3, 0.4) is 0 Å². The van der Waals surface area contributed by atoms with Crippen LogP contribution in [0.4, 0.5) is 0 Å². The summed E-state index contributed by atoms with van der Waals surface area (Å²) < 4.78 is 0. The largest absolute Gasteiger partial charge is 0.507 e. The fourth-order valence-electron chi connectivity index (χ4n) is 1.61. The molecular weight excluding hydrogens is 254 g/mol. The Morgan fingerprint density at radius 2 is 2.05 bits per heavy atom. The summed E-state index contributed by atoms with van der Waals surface area (Å²) in [5.74, 6) is -0.0682. The molecule has 0 atom stereocenters. The lowest BCUT2D eigenvalue weighted by Gasteiger charge is -2.00. The summed E-state index contributed by atoms with van der Waals surface area (Å²) in [6, 6.07) is 12.4. The van der Waals surface area contributed by atoms with Gasteiger partial charge in [0.1, 0.15) is 5.75 Å². The molecule has 0 radical (unpaired) electrons. The molecule has 1 aromatic heterocycles. The zero-order valence-electron chi connectivity index (χ0n) is 10.9. The topological polar surface area (TPSA) is 74.6 Å². The van der Waals surface area contributed by atoms with Crippen molar-refractivity contribution in [1.82, 2.24) is 10.4 Å². The van der Waals surface area contributed by atoms with Crippen LogP contribution in [0.5, 0.6) is 5.75 Å². The van der Waals surface area contributed by atoms with Gasteiger partial charge in [-0.1, -0.05) is 18.2 Å². The normalized spacial score (nSPS) is 10.6. The van der Waals surface area contributed by atoms with Gasteiger partial charge in [-0.25, -0.2) is 5.43 Å². The molecule has 5 nitrogen and oxygen atoms in total. The number of para-hydroxylation sites is 1. The molecular formula is C15H15N3O2. The zero-order valence-corrected chi connectivity index (χ0v) is 10.9. The lowest BCUT2D eigenvalue weighted by molar-refractivity contribution is -0.121. The molecule has 1 amide bonds. The Morgan fingerprint density at radius 3 is 2.80 bits per heavy atom. The van der Waals surface area contributed by atoms with Crippen LogP contribution in [-0.4, -0.2) is 22.2 Å². The molecule has 0 aliphatic heterocycles. The molecule has 2 N–H and O–H groups in total. The Labute approximate surface area is 117 Å². The van der Waals surface area contributed by atoms with Gasteiger partial charge < -0.3 is 5.11 Å². The molecule has 1 aromatic carbocycles. The van der Waals surface area contributed by atoms with Crippen LogP contribution in [0.1, 0.15) is 17.7 Å². The third kappa shape index (κ3) is 4.20. The molecule has 2 aromatic rings. The molecule has 20 heavy (non-hydrogen) atoms. The van der Waals surface area contributed by atoms with E-state index in [2.05, 4.69) is 15.5 Å². The third-order valence-corrected chi connectivity index (χ3v) is 2.66. The van der Waals surface area contributed by atoms with Gasteiger partial charge >= 0.3 is 0 Å². The van der Waals surface area contributed by atoms with Gasteiger partial charge in [0.25, 0.3) is 0 Å². The smallest absolute Gasteiger partial charge is 0.240 e. The molecule has 5 heteroatoms. The van der Waals surface area contributed by atoms with Gasteiger partial charge in [0, 0.05) is 23.9 Å². The summed E-state index contributed by atoms with van der Waals surface area (Å²) in [7, 11) is 0. The first-order chi connectivity index (χ1) is 9.75. The average Bonchev–Trinajstić information content (AvgIpc) is 2.48. The monoisotopic (exact) mass is 269 g/mol. The van der Waals surface area contributed by atoms with Gasteiger partial charge in [0.2, 0.25) is 5.91 Å². The van der Waals surface area contributed by atoms with Crippen molar-refractivity contribution in [1.29, 1.82) is 0 Å². The van der Waals surface area contributed by atoms with E-state index in [-0.39, 0.29) is 11.7 Å². The summed E-state index contributed by atoms with van der Waals surface area (Å²) in [6.07, 6.45) is 3.99. The van der Waals surface area contributed by atoms with Crippen molar-refractivity contribution < 1.29 is 9.90 Å². The number of phenolic OH excluding ortho intramolecular Hbond substituents is 1. The molecule has 0 unspecified atom stereocenters. The first-order valence-corrected chi connectivity index (χ1v) is 6.25. The van der Waals surface area contributed by atoms with Gasteiger partial charge in [-0.3, -0.25) is 9.78 Å². The number of phenols is 1. The van der Waals surface area contributed by atoms with Crippen LogP contribution in [-0.2, 0) is 11.2 Å². The fraction of sp³-hybridized carbons (Fsp3) is 0.133. The average molecular weight is 269 g/mol. The SMILES string of the molecule is O=C(CCc1ccccn1)N/N=C/c1ccccc1O.